The molecule has 0 spiro atoms. The number of fused-ring (bicyclic) bond motifs is 3. The number of ether oxygens (including phenoxy) is 1. The SMILES string of the molecule is CCOC(=O)N1CCc2c([nH]c3ccc(Cl)cc23)C1c1ccc(CCCCCN2CCN(CCO)CC2)cc1. The summed E-state index contributed by atoms with van der Waals surface area (Å²) in [6.45, 7) is 9.37. The third-order valence-corrected chi connectivity index (χ3v) is 8.44. The van der Waals surface area contributed by atoms with Gasteiger partial charge in [0.05, 0.1) is 13.2 Å². The Labute approximate surface area is 236 Å². The number of carbonyl (C=O) groups is 1. The predicted octanol–water partition coefficient (Wildman–Crippen LogP) is 5.25. The predicted molar refractivity (Wildman–Crippen MR) is 157 cm³/mol. The molecular formula is C31H41ClN4O3. The summed E-state index contributed by atoms with van der Waals surface area (Å²) in [4.78, 5) is 23.3. The van der Waals surface area contributed by atoms with Crippen LogP contribution in [0, 0.1) is 0 Å². The highest BCUT2D eigenvalue weighted by atomic mass is 35.5. The number of benzene rings is 2. The molecule has 1 unspecified atom stereocenters. The van der Waals surface area contributed by atoms with Gasteiger partial charge < -0.3 is 19.7 Å². The summed E-state index contributed by atoms with van der Waals surface area (Å²) in [6.07, 6.45) is 5.17. The van der Waals surface area contributed by atoms with Crippen molar-refractivity contribution < 1.29 is 14.6 Å². The van der Waals surface area contributed by atoms with Crippen molar-refractivity contribution in [2.45, 2.75) is 45.1 Å². The number of hydrogen-bond donors (Lipinski definition) is 2. The third kappa shape index (κ3) is 6.60. The Morgan fingerprint density at radius 2 is 1.74 bits per heavy atom. The number of nitrogens with one attached hydrogen (secondary N) is 1. The van der Waals surface area contributed by atoms with E-state index in [2.05, 4.69) is 39.0 Å². The van der Waals surface area contributed by atoms with Crippen LogP contribution in [-0.4, -0.2) is 89.9 Å². The minimum absolute atomic E-state index is 0.217. The second-order valence-corrected chi connectivity index (χ2v) is 11.1. The van der Waals surface area contributed by atoms with Gasteiger partial charge in [0.15, 0.2) is 0 Å². The van der Waals surface area contributed by atoms with Crippen molar-refractivity contribution in [2.24, 2.45) is 0 Å². The van der Waals surface area contributed by atoms with Gasteiger partial charge in [-0.1, -0.05) is 42.3 Å². The van der Waals surface area contributed by atoms with Crippen LogP contribution in [0.1, 0.15) is 54.6 Å². The van der Waals surface area contributed by atoms with E-state index >= 15 is 0 Å². The molecule has 1 aromatic heterocycles. The van der Waals surface area contributed by atoms with Crippen molar-refractivity contribution in [3.63, 3.8) is 0 Å². The van der Waals surface area contributed by atoms with Crippen molar-refractivity contribution in [3.05, 3.63) is 69.9 Å². The number of H-pyrrole nitrogens is 1. The van der Waals surface area contributed by atoms with Crippen molar-refractivity contribution >= 4 is 28.6 Å². The van der Waals surface area contributed by atoms with Crippen LogP contribution in [0.3, 0.4) is 0 Å². The molecule has 210 valence electrons. The van der Waals surface area contributed by atoms with Crippen LogP contribution in [0.5, 0.6) is 0 Å². The van der Waals surface area contributed by atoms with Crippen molar-refractivity contribution in [1.29, 1.82) is 0 Å². The largest absolute Gasteiger partial charge is 0.450 e. The molecule has 3 heterocycles. The highest BCUT2D eigenvalue weighted by molar-refractivity contribution is 6.31. The van der Waals surface area contributed by atoms with Crippen molar-refractivity contribution in [3.8, 4) is 0 Å². The molecule has 0 saturated carbocycles. The molecule has 1 amide bonds. The average molecular weight is 553 g/mol. The van der Waals surface area contributed by atoms with Crippen LogP contribution in [-0.2, 0) is 17.6 Å². The molecular weight excluding hydrogens is 512 g/mol. The lowest BCUT2D eigenvalue weighted by molar-refractivity contribution is 0.0932. The first-order valence-corrected chi connectivity index (χ1v) is 14.8. The molecule has 3 aromatic rings. The second-order valence-electron chi connectivity index (χ2n) is 10.7. The van der Waals surface area contributed by atoms with Gasteiger partial charge in [-0.2, -0.15) is 0 Å². The number of unbranched alkanes of at least 4 members (excludes halogenated alkanes) is 2. The van der Waals surface area contributed by atoms with E-state index in [1.807, 2.05) is 30.0 Å². The molecule has 2 N–H and O–H groups in total. The summed E-state index contributed by atoms with van der Waals surface area (Å²) in [5.74, 6) is 0. The molecule has 2 aliphatic heterocycles. The Bertz CT molecular complexity index is 1240. The normalized spacial score (nSPS) is 18.4. The van der Waals surface area contributed by atoms with E-state index in [0.29, 0.717) is 13.2 Å². The number of β-amino-alcohol motifs (C(OH)–C–C–N with tert-alkyl or cyclic N) is 1. The number of aryl methyl sites for hydroxylation is 1. The Morgan fingerprint density at radius 3 is 2.46 bits per heavy atom. The lowest BCUT2D eigenvalue weighted by Crippen LogP contribution is -2.47. The van der Waals surface area contributed by atoms with Crippen LogP contribution in [0.15, 0.2) is 42.5 Å². The smallest absolute Gasteiger partial charge is 0.410 e. The summed E-state index contributed by atoms with van der Waals surface area (Å²) >= 11 is 6.32. The zero-order valence-electron chi connectivity index (χ0n) is 23.0. The van der Waals surface area contributed by atoms with Crippen LogP contribution < -0.4 is 0 Å². The molecule has 8 heteroatoms. The lowest BCUT2D eigenvalue weighted by atomic mass is 9.92. The standard InChI is InChI=1S/C31H41ClN4O3/c1-2-39-31(38)36-15-13-26-27-22-25(32)11-12-28(27)33-29(26)30(36)24-9-7-23(8-10-24)6-4-3-5-14-34-16-18-35(19-17-34)20-21-37/h7-12,22,30,33,37H,2-6,13-21H2,1H3. The molecule has 0 aliphatic carbocycles. The molecule has 1 atom stereocenters. The van der Waals surface area contributed by atoms with Crippen LogP contribution in [0.4, 0.5) is 4.79 Å². The molecule has 5 rings (SSSR count). The van der Waals surface area contributed by atoms with Gasteiger partial charge in [-0.25, -0.2) is 4.79 Å². The lowest BCUT2D eigenvalue weighted by Gasteiger charge is -2.35. The van der Waals surface area contributed by atoms with E-state index in [1.54, 1.807) is 0 Å². The fourth-order valence-corrected chi connectivity index (χ4v) is 6.27. The van der Waals surface area contributed by atoms with E-state index in [1.165, 1.54) is 30.4 Å². The molecule has 2 aliphatic rings. The van der Waals surface area contributed by atoms with Crippen LogP contribution in [0.2, 0.25) is 5.02 Å². The summed E-state index contributed by atoms with van der Waals surface area (Å²) in [7, 11) is 0. The number of hydrogen-bond acceptors (Lipinski definition) is 5. The number of nitrogens with zero attached hydrogens (tertiary/aromatic N) is 3. The maximum Gasteiger partial charge on any atom is 0.410 e. The Hall–Kier alpha value is -2.58. The first kappa shape index (κ1) is 28.0. The maximum atomic E-state index is 12.9. The van der Waals surface area contributed by atoms with E-state index in [-0.39, 0.29) is 18.7 Å². The first-order chi connectivity index (χ1) is 19.1. The molecule has 0 bridgehead atoms. The van der Waals surface area contributed by atoms with E-state index in [9.17, 15) is 4.79 Å². The van der Waals surface area contributed by atoms with Gasteiger partial charge in [0, 0.05) is 60.9 Å². The summed E-state index contributed by atoms with van der Waals surface area (Å²) in [5.41, 5.74) is 5.75. The van der Waals surface area contributed by atoms with Gasteiger partial charge >= 0.3 is 6.09 Å². The third-order valence-electron chi connectivity index (χ3n) is 8.21. The minimum atomic E-state index is -0.274. The zero-order chi connectivity index (χ0) is 27.2. The fourth-order valence-electron chi connectivity index (χ4n) is 6.10. The number of aromatic nitrogens is 1. The van der Waals surface area contributed by atoms with Crippen molar-refractivity contribution in [1.82, 2.24) is 19.7 Å². The molecule has 0 radical (unpaired) electrons. The van der Waals surface area contributed by atoms with Gasteiger partial charge in [0.25, 0.3) is 0 Å². The molecule has 2 aromatic carbocycles. The number of rotatable bonds is 10. The van der Waals surface area contributed by atoms with Crippen LogP contribution in [0.25, 0.3) is 10.9 Å². The van der Waals surface area contributed by atoms with E-state index in [4.69, 9.17) is 21.4 Å². The number of amides is 1. The number of halogens is 1. The second kappa shape index (κ2) is 13.2. The Balaban J connectivity index is 1.21. The van der Waals surface area contributed by atoms with Gasteiger partial charge in [-0.3, -0.25) is 9.80 Å². The van der Waals surface area contributed by atoms with Gasteiger partial charge in [-0.05, 0) is 74.0 Å². The fraction of sp³-hybridized carbons (Fsp3) is 0.516. The topological polar surface area (TPSA) is 72.0 Å². The monoisotopic (exact) mass is 552 g/mol. The molecule has 1 fully saturated rings. The number of piperazine rings is 1. The maximum absolute atomic E-state index is 12.9. The number of aliphatic hydroxyl groups is 1. The van der Waals surface area contributed by atoms with Crippen LogP contribution >= 0.6 is 11.6 Å². The minimum Gasteiger partial charge on any atom is -0.450 e. The average Bonchev–Trinajstić information content (AvgIpc) is 3.32. The molecule has 7 nitrogen and oxygen atoms in total. The highest BCUT2D eigenvalue weighted by Crippen LogP contribution is 2.39. The number of aliphatic hydroxyl groups excluding tert-OH is 1. The first-order valence-electron chi connectivity index (χ1n) is 14.4. The molecule has 39 heavy (non-hydrogen) atoms. The van der Waals surface area contributed by atoms with Crippen molar-refractivity contribution in [2.75, 3.05) is 59.0 Å². The summed E-state index contributed by atoms with van der Waals surface area (Å²) in [5, 5.41) is 11.0. The number of carbonyl (C=O) groups excluding carboxylic acids is 1. The molecule has 1 saturated heterocycles. The van der Waals surface area contributed by atoms with Gasteiger partial charge in [0.1, 0.15) is 6.04 Å². The Morgan fingerprint density at radius 1 is 1.00 bits per heavy atom. The van der Waals surface area contributed by atoms with Gasteiger partial charge in [0.2, 0.25) is 0 Å². The zero-order valence-corrected chi connectivity index (χ0v) is 23.8. The highest BCUT2D eigenvalue weighted by Gasteiger charge is 2.35. The number of aromatic amines is 1. The quantitative estimate of drug-likeness (QED) is 0.336. The van der Waals surface area contributed by atoms with E-state index in [0.717, 1.165) is 79.3 Å². The van der Waals surface area contributed by atoms with E-state index < -0.39 is 0 Å². The van der Waals surface area contributed by atoms with Gasteiger partial charge in [-0.15, -0.1) is 0 Å². The summed E-state index contributed by atoms with van der Waals surface area (Å²) in [6, 6.07) is 14.5. The summed E-state index contributed by atoms with van der Waals surface area (Å²) < 4.78 is 5.44. The Kier molecular flexibility index (Phi) is 9.45.